The van der Waals surface area contributed by atoms with Crippen LogP contribution in [0.5, 0.6) is 0 Å². The highest BCUT2D eigenvalue weighted by Crippen LogP contribution is 2.21. The van der Waals surface area contributed by atoms with E-state index >= 15 is 0 Å². The first-order valence-electron chi connectivity index (χ1n) is 8.99. The third-order valence-electron chi connectivity index (χ3n) is 4.23. The molecule has 1 amide bonds. The van der Waals surface area contributed by atoms with Gasteiger partial charge < -0.3 is 20.1 Å². The van der Waals surface area contributed by atoms with E-state index in [9.17, 15) is 23.2 Å². The Hall–Kier alpha value is -3.75. The van der Waals surface area contributed by atoms with Crippen molar-refractivity contribution < 1.29 is 32.6 Å². The van der Waals surface area contributed by atoms with Gasteiger partial charge in [-0.2, -0.15) is 0 Å². The van der Waals surface area contributed by atoms with Gasteiger partial charge >= 0.3 is 5.97 Å². The molecule has 2 aromatic carbocycles. The summed E-state index contributed by atoms with van der Waals surface area (Å²) in [4.78, 5) is 36.3. The molecule has 30 heavy (non-hydrogen) atoms. The van der Waals surface area contributed by atoms with Crippen molar-refractivity contribution in [1.29, 1.82) is 0 Å². The predicted molar refractivity (Wildman–Crippen MR) is 102 cm³/mol. The highest BCUT2D eigenvalue weighted by Gasteiger charge is 2.33. The lowest BCUT2D eigenvalue weighted by Crippen LogP contribution is -2.32. The van der Waals surface area contributed by atoms with Crippen LogP contribution in [0, 0.1) is 11.6 Å². The zero-order valence-corrected chi connectivity index (χ0v) is 15.9. The number of carbonyl (C=O) groups is 3. The number of para-hydroxylation sites is 1. The summed E-state index contributed by atoms with van der Waals surface area (Å²) < 4.78 is 36.9. The number of ketones is 1. The number of esters is 1. The maximum absolute atomic E-state index is 13.8. The fraction of sp³-hybridized carbons (Fsp3) is 0.190. The third kappa shape index (κ3) is 4.99. The molecular weight excluding hydrogens is 398 g/mol. The van der Waals surface area contributed by atoms with E-state index in [1.807, 2.05) is 0 Å². The van der Waals surface area contributed by atoms with E-state index in [0.29, 0.717) is 11.8 Å². The molecule has 0 fully saturated rings. The molecule has 0 bridgehead atoms. The van der Waals surface area contributed by atoms with E-state index in [1.54, 1.807) is 30.3 Å². The molecule has 0 saturated carbocycles. The smallest absolute Gasteiger partial charge is 0.347 e. The van der Waals surface area contributed by atoms with Crippen LogP contribution in [0.2, 0.25) is 0 Å². The molecule has 1 atom stereocenters. The number of ether oxygens (including phenoxy) is 2. The molecule has 0 aliphatic carbocycles. The maximum atomic E-state index is 13.8. The monoisotopic (exact) mass is 416 g/mol. The number of rotatable bonds is 7. The van der Waals surface area contributed by atoms with E-state index in [-0.39, 0.29) is 23.6 Å². The molecule has 0 unspecified atom stereocenters. The van der Waals surface area contributed by atoms with Gasteiger partial charge in [-0.1, -0.05) is 24.3 Å². The summed E-state index contributed by atoms with van der Waals surface area (Å²) in [5.41, 5.74) is 0.345. The summed E-state index contributed by atoms with van der Waals surface area (Å²) in [5.74, 6) is -3.93. The topological polar surface area (TPSA) is 93.7 Å². The SMILES string of the molecule is C[C@H](NC(=O)COC(=O)C1=C(Nc2ccccc2)OCC1=O)c1ccc(F)cc1F. The Morgan fingerprint density at radius 1 is 1.17 bits per heavy atom. The number of amides is 1. The molecule has 9 heteroatoms. The molecule has 0 saturated heterocycles. The summed E-state index contributed by atoms with van der Waals surface area (Å²) in [5, 5.41) is 5.26. The van der Waals surface area contributed by atoms with Crippen LogP contribution in [-0.2, 0) is 23.9 Å². The zero-order chi connectivity index (χ0) is 21.7. The second-order valence-electron chi connectivity index (χ2n) is 6.44. The Balaban J connectivity index is 1.60. The summed E-state index contributed by atoms with van der Waals surface area (Å²) in [6, 6.07) is 10.9. The van der Waals surface area contributed by atoms with Gasteiger partial charge in [-0.15, -0.1) is 0 Å². The first-order chi connectivity index (χ1) is 14.3. The lowest BCUT2D eigenvalue weighted by atomic mass is 10.1. The Bertz CT molecular complexity index is 1010. The molecule has 156 valence electrons. The van der Waals surface area contributed by atoms with Crippen molar-refractivity contribution in [2.45, 2.75) is 13.0 Å². The van der Waals surface area contributed by atoms with E-state index < -0.39 is 41.9 Å². The van der Waals surface area contributed by atoms with Crippen molar-refractivity contribution in [3.05, 3.63) is 77.2 Å². The molecular formula is C21H18F2N2O5. The van der Waals surface area contributed by atoms with Crippen LogP contribution in [0.4, 0.5) is 14.5 Å². The summed E-state index contributed by atoms with van der Waals surface area (Å²) in [6.45, 7) is 0.475. The second-order valence-corrected chi connectivity index (χ2v) is 6.44. The number of hydrogen-bond donors (Lipinski definition) is 2. The number of anilines is 1. The van der Waals surface area contributed by atoms with Crippen LogP contribution < -0.4 is 10.6 Å². The predicted octanol–water partition coefficient (Wildman–Crippen LogP) is 2.61. The minimum Gasteiger partial charge on any atom is -0.470 e. The molecule has 0 aromatic heterocycles. The van der Waals surface area contributed by atoms with Gasteiger partial charge in [-0.05, 0) is 25.1 Å². The van der Waals surface area contributed by atoms with E-state index in [0.717, 1.165) is 6.07 Å². The minimum absolute atomic E-state index is 0.0571. The van der Waals surface area contributed by atoms with Gasteiger partial charge in [-0.25, -0.2) is 13.6 Å². The highest BCUT2D eigenvalue weighted by atomic mass is 19.1. The normalized spacial score (nSPS) is 14.2. The molecule has 0 radical (unpaired) electrons. The minimum atomic E-state index is -1.02. The number of hydrogen-bond acceptors (Lipinski definition) is 6. The van der Waals surface area contributed by atoms with Crippen LogP contribution in [0.1, 0.15) is 18.5 Å². The largest absolute Gasteiger partial charge is 0.470 e. The molecule has 2 N–H and O–H groups in total. The fourth-order valence-electron chi connectivity index (χ4n) is 2.78. The van der Waals surface area contributed by atoms with Gasteiger partial charge in [0.2, 0.25) is 11.7 Å². The Morgan fingerprint density at radius 2 is 1.90 bits per heavy atom. The van der Waals surface area contributed by atoms with Gasteiger partial charge in [0.15, 0.2) is 18.8 Å². The van der Waals surface area contributed by atoms with Crippen molar-refractivity contribution in [2.24, 2.45) is 0 Å². The lowest BCUT2D eigenvalue weighted by Gasteiger charge is -2.15. The van der Waals surface area contributed by atoms with E-state index in [4.69, 9.17) is 9.47 Å². The first-order valence-corrected chi connectivity index (χ1v) is 8.99. The average Bonchev–Trinajstić information content (AvgIpc) is 3.07. The van der Waals surface area contributed by atoms with Gasteiger partial charge in [-0.3, -0.25) is 9.59 Å². The number of benzene rings is 2. The molecule has 7 nitrogen and oxygen atoms in total. The molecule has 2 aromatic rings. The summed E-state index contributed by atoms with van der Waals surface area (Å²) in [6.07, 6.45) is 0. The first kappa shape index (κ1) is 21.0. The average molecular weight is 416 g/mol. The number of Topliss-reactive ketones (excluding diaryl/α,β-unsaturated/α-hetero) is 1. The maximum Gasteiger partial charge on any atom is 0.347 e. The van der Waals surface area contributed by atoms with Crippen molar-refractivity contribution in [1.82, 2.24) is 5.32 Å². The van der Waals surface area contributed by atoms with Gasteiger partial charge in [0.25, 0.3) is 5.91 Å². The van der Waals surface area contributed by atoms with Crippen LogP contribution >= 0.6 is 0 Å². The molecule has 1 aliphatic rings. The number of nitrogens with one attached hydrogen (secondary N) is 2. The van der Waals surface area contributed by atoms with Crippen LogP contribution in [0.15, 0.2) is 60.0 Å². The standard InChI is InChI=1S/C21H18F2N2O5/c1-12(15-8-7-13(22)9-16(15)23)24-18(27)11-30-21(28)19-17(26)10-29-20(19)25-14-5-3-2-4-6-14/h2-9,12,25H,10-11H2,1H3,(H,24,27)/t12-/m0/s1. The van der Waals surface area contributed by atoms with Gasteiger partial charge in [0.1, 0.15) is 11.6 Å². The summed E-state index contributed by atoms with van der Waals surface area (Å²) in [7, 11) is 0. The van der Waals surface area contributed by atoms with E-state index in [1.165, 1.54) is 13.0 Å². The molecule has 1 heterocycles. The Morgan fingerprint density at radius 3 is 2.60 bits per heavy atom. The molecule has 3 rings (SSSR count). The van der Waals surface area contributed by atoms with Crippen LogP contribution in [-0.4, -0.2) is 30.9 Å². The lowest BCUT2D eigenvalue weighted by molar-refractivity contribution is -0.145. The summed E-state index contributed by atoms with van der Waals surface area (Å²) >= 11 is 0. The van der Waals surface area contributed by atoms with E-state index in [2.05, 4.69) is 10.6 Å². The van der Waals surface area contributed by atoms with Crippen molar-refractivity contribution >= 4 is 23.3 Å². The van der Waals surface area contributed by atoms with Gasteiger partial charge in [0.05, 0.1) is 6.04 Å². The quantitative estimate of drug-likeness (QED) is 0.532. The van der Waals surface area contributed by atoms with Crippen LogP contribution in [0.3, 0.4) is 0 Å². The fourth-order valence-corrected chi connectivity index (χ4v) is 2.78. The Kier molecular flexibility index (Phi) is 6.41. The third-order valence-corrected chi connectivity index (χ3v) is 4.23. The van der Waals surface area contributed by atoms with Crippen molar-refractivity contribution in [3.63, 3.8) is 0 Å². The van der Waals surface area contributed by atoms with Crippen molar-refractivity contribution in [2.75, 3.05) is 18.5 Å². The van der Waals surface area contributed by atoms with Crippen molar-refractivity contribution in [3.8, 4) is 0 Å². The number of carbonyl (C=O) groups excluding carboxylic acids is 3. The van der Waals surface area contributed by atoms with Gasteiger partial charge in [0, 0.05) is 17.3 Å². The second kappa shape index (κ2) is 9.17. The molecule has 1 aliphatic heterocycles. The molecule has 0 spiro atoms. The Labute approximate surface area is 170 Å². The number of halogens is 2. The van der Waals surface area contributed by atoms with Crippen LogP contribution in [0.25, 0.3) is 0 Å². The zero-order valence-electron chi connectivity index (χ0n) is 15.9. The highest BCUT2D eigenvalue weighted by molar-refractivity contribution is 6.20.